The zero-order chi connectivity index (χ0) is 18.3. The van der Waals surface area contributed by atoms with E-state index in [-0.39, 0.29) is 11.9 Å². The number of likely N-dealkylation sites (N-methyl/N-ethyl adjacent to an activating group) is 1. The third-order valence-electron chi connectivity index (χ3n) is 5.17. The molecule has 2 aromatic heterocycles. The summed E-state index contributed by atoms with van der Waals surface area (Å²) in [5.41, 5.74) is 4.03. The van der Waals surface area contributed by atoms with Crippen molar-refractivity contribution in [1.29, 1.82) is 0 Å². The van der Waals surface area contributed by atoms with Crippen LogP contribution in [0.4, 0.5) is 0 Å². The SMILES string of the molecule is Cc1nn(C)c2nc(-c3ccccc3)cc(C(=O)N(C)C3CCNC3)c12. The Morgan fingerprint density at radius 2 is 2.08 bits per heavy atom. The second-order valence-electron chi connectivity index (χ2n) is 6.89. The minimum absolute atomic E-state index is 0.0272. The van der Waals surface area contributed by atoms with Gasteiger partial charge in [-0.2, -0.15) is 5.10 Å². The van der Waals surface area contributed by atoms with Crippen LogP contribution in [0.3, 0.4) is 0 Å². The largest absolute Gasteiger partial charge is 0.337 e. The maximum Gasteiger partial charge on any atom is 0.254 e. The van der Waals surface area contributed by atoms with E-state index in [0.717, 1.165) is 47.5 Å². The molecular formula is C20H23N5O. The highest BCUT2D eigenvalue weighted by Gasteiger charge is 2.27. The summed E-state index contributed by atoms with van der Waals surface area (Å²) in [5.74, 6) is 0.0272. The molecule has 1 aromatic carbocycles. The van der Waals surface area contributed by atoms with Crippen molar-refractivity contribution in [2.24, 2.45) is 7.05 Å². The zero-order valence-electron chi connectivity index (χ0n) is 15.4. The number of carbonyl (C=O) groups excluding carboxylic acids is 1. The normalized spacial score (nSPS) is 17.0. The predicted octanol–water partition coefficient (Wildman–Crippen LogP) is 2.38. The van der Waals surface area contributed by atoms with E-state index in [4.69, 9.17) is 4.98 Å². The number of hydrogen-bond donors (Lipinski definition) is 1. The molecular weight excluding hydrogens is 326 g/mol. The van der Waals surface area contributed by atoms with Gasteiger partial charge in [-0.05, 0) is 26.0 Å². The molecule has 1 fully saturated rings. The first-order valence-electron chi connectivity index (χ1n) is 8.94. The summed E-state index contributed by atoms with van der Waals surface area (Å²) in [7, 11) is 3.76. The highest BCUT2D eigenvalue weighted by molar-refractivity contribution is 6.07. The number of nitrogens with one attached hydrogen (secondary N) is 1. The smallest absolute Gasteiger partial charge is 0.254 e. The molecule has 1 unspecified atom stereocenters. The van der Waals surface area contributed by atoms with Gasteiger partial charge in [0.25, 0.3) is 5.91 Å². The number of nitrogens with zero attached hydrogens (tertiary/aromatic N) is 4. The van der Waals surface area contributed by atoms with E-state index < -0.39 is 0 Å². The van der Waals surface area contributed by atoms with E-state index in [0.29, 0.717) is 5.56 Å². The van der Waals surface area contributed by atoms with Crippen molar-refractivity contribution >= 4 is 16.9 Å². The Labute approximate surface area is 152 Å². The monoisotopic (exact) mass is 349 g/mol. The second-order valence-corrected chi connectivity index (χ2v) is 6.89. The maximum absolute atomic E-state index is 13.3. The third kappa shape index (κ3) is 2.76. The molecule has 0 saturated carbocycles. The van der Waals surface area contributed by atoms with Crippen LogP contribution in [0.15, 0.2) is 36.4 Å². The van der Waals surface area contributed by atoms with Crippen LogP contribution in [-0.4, -0.2) is 51.8 Å². The number of hydrogen-bond acceptors (Lipinski definition) is 4. The van der Waals surface area contributed by atoms with E-state index in [1.807, 2.05) is 62.3 Å². The van der Waals surface area contributed by atoms with E-state index in [2.05, 4.69) is 10.4 Å². The molecule has 1 aliphatic heterocycles. The predicted molar refractivity (Wildman–Crippen MR) is 102 cm³/mol. The van der Waals surface area contributed by atoms with Gasteiger partial charge in [0.05, 0.1) is 22.3 Å². The van der Waals surface area contributed by atoms with Gasteiger partial charge in [-0.15, -0.1) is 0 Å². The summed E-state index contributed by atoms with van der Waals surface area (Å²) in [6.45, 7) is 3.73. The van der Waals surface area contributed by atoms with Crippen LogP contribution in [0.1, 0.15) is 22.5 Å². The van der Waals surface area contributed by atoms with Crippen LogP contribution in [0.2, 0.25) is 0 Å². The van der Waals surface area contributed by atoms with Crippen molar-refractivity contribution in [3.63, 3.8) is 0 Å². The fraction of sp³-hybridized carbons (Fsp3) is 0.350. The average molecular weight is 349 g/mol. The summed E-state index contributed by atoms with van der Waals surface area (Å²) in [5, 5.41) is 8.67. The van der Waals surface area contributed by atoms with Gasteiger partial charge in [0, 0.05) is 32.2 Å². The van der Waals surface area contributed by atoms with E-state index in [1.54, 1.807) is 4.68 Å². The summed E-state index contributed by atoms with van der Waals surface area (Å²) < 4.78 is 1.75. The number of aryl methyl sites for hydroxylation is 2. The lowest BCUT2D eigenvalue weighted by Gasteiger charge is -2.24. The van der Waals surface area contributed by atoms with Crippen LogP contribution in [0.5, 0.6) is 0 Å². The summed E-state index contributed by atoms with van der Waals surface area (Å²) >= 11 is 0. The summed E-state index contributed by atoms with van der Waals surface area (Å²) in [6, 6.07) is 12.1. The van der Waals surface area contributed by atoms with Crippen molar-refractivity contribution in [1.82, 2.24) is 25.0 Å². The maximum atomic E-state index is 13.3. The lowest BCUT2D eigenvalue weighted by atomic mass is 10.0. The number of aromatic nitrogens is 3. The zero-order valence-corrected chi connectivity index (χ0v) is 15.4. The first-order valence-corrected chi connectivity index (χ1v) is 8.94. The molecule has 3 aromatic rings. The molecule has 0 radical (unpaired) electrons. The Bertz CT molecular complexity index is 957. The summed E-state index contributed by atoms with van der Waals surface area (Å²) in [6.07, 6.45) is 0.980. The highest BCUT2D eigenvalue weighted by Crippen LogP contribution is 2.28. The van der Waals surface area contributed by atoms with Crippen molar-refractivity contribution in [2.75, 3.05) is 20.1 Å². The van der Waals surface area contributed by atoms with Crippen molar-refractivity contribution in [2.45, 2.75) is 19.4 Å². The van der Waals surface area contributed by atoms with Gasteiger partial charge < -0.3 is 10.2 Å². The Morgan fingerprint density at radius 3 is 2.77 bits per heavy atom. The quantitative estimate of drug-likeness (QED) is 0.789. The topological polar surface area (TPSA) is 63.1 Å². The van der Waals surface area contributed by atoms with Crippen LogP contribution in [0, 0.1) is 6.92 Å². The van der Waals surface area contributed by atoms with Crippen LogP contribution < -0.4 is 5.32 Å². The third-order valence-corrected chi connectivity index (χ3v) is 5.17. The molecule has 0 spiro atoms. The van der Waals surface area contributed by atoms with E-state index in [1.165, 1.54) is 0 Å². The van der Waals surface area contributed by atoms with E-state index >= 15 is 0 Å². The Morgan fingerprint density at radius 1 is 1.31 bits per heavy atom. The lowest BCUT2D eigenvalue weighted by molar-refractivity contribution is 0.0745. The number of pyridine rings is 1. The van der Waals surface area contributed by atoms with Crippen molar-refractivity contribution in [3.8, 4) is 11.3 Å². The average Bonchev–Trinajstić information content (AvgIpc) is 3.29. The van der Waals surface area contributed by atoms with Crippen LogP contribution in [0.25, 0.3) is 22.3 Å². The fourth-order valence-corrected chi connectivity index (χ4v) is 3.70. The molecule has 1 aliphatic rings. The molecule has 1 N–H and O–H groups in total. The van der Waals surface area contributed by atoms with Gasteiger partial charge in [-0.3, -0.25) is 9.48 Å². The van der Waals surface area contributed by atoms with Gasteiger partial charge in [0.15, 0.2) is 5.65 Å². The number of rotatable bonds is 3. The highest BCUT2D eigenvalue weighted by atomic mass is 16.2. The Balaban J connectivity index is 1.87. The standard InChI is InChI=1S/C20H23N5O/c1-13-18-16(20(26)24(2)15-9-10-21-12-15)11-17(14-7-5-4-6-8-14)22-19(18)25(3)23-13/h4-8,11,15,21H,9-10,12H2,1-3H3. The first-order chi connectivity index (χ1) is 12.6. The van der Waals surface area contributed by atoms with Gasteiger partial charge in [-0.25, -0.2) is 4.98 Å². The number of benzene rings is 1. The molecule has 0 bridgehead atoms. The number of fused-ring (bicyclic) bond motifs is 1. The van der Waals surface area contributed by atoms with Crippen molar-refractivity contribution in [3.05, 3.63) is 47.7 Å². The molecule has 6 heteroatoms. The Kier molecular flexibility index (Phi) is 4.20. The fourth-order valence-electron chi connectivity index (χ4n) is 3.70. The molecule has 6 nitrogen and oxygen atoms in total. The molecule has 1 saturated heterocycles. The van der Waals surface area contributed by atoms with Gasteiger partial charge >= 0.3 is 0 Å². The van der Waals surface area contributed by atoms with Crippen molar-refractivity contribution < 1.29 is 4.79 Å². The minimum Gasteiger partial charge on any atom is -0.337 e. The van der Waals surface area contributed by atoms with Crippen LogP contribution in [-0.2, 0) is 7.05 Å². The molecule has 0 aliphatic carbocycles. The number of carbonyl (C=O) groups is 1. The molecule has 4 rings (SSSR count). The van der Waals surface area contributed by atoms with Crippen LogP contribution >= 0.6 is 0 Å². The van der Waals surface area contributed by atoms with Gasteiger partial charge in [-0.1, -0.05) is 30.3 Å². The van der Waals surface area contributed by atoms with E-state index in [9.17, 15) is 4.79 Å². The number of amides is 1. The molecule has 3 heterocycles. The first kappa shape index (κ1) is 16.7. The Hall–Kier alpha value is -2.73. The molecule has 134 valence electrons. The molecule has 1 atom stereocenters. The van der Waals surface area contributed by atoms with Gasteiger partial charge in [0.2, 0.25) is 0 Å². The molecule has 26 heavy (non-hydrogen) atoms. The molecule has 1 amide bonds. The minimum atomic E-state index is 0.0272. The second kappa shape index (κ2) is 6.53. The lowest BCUT2D eigenvalue weighted by Crippen LogP contribution is -2.38. The van der Waals surface area contributed by atoms with Gasteiger partial charge in [0.1, 0.15) is 0 Å². The summed E-state index contributed by atoms with van der Waals surface area (Å²) in [4.78, 5) is 20.0.